The summed E-state index contributed by atoms with van der Waals surface area (Å²) in [5, 5.41) is 8.31. The summed E-state index contributed by atoms with van der Waals surface area (Å²) in [5.41, 5.74) is 1.40. The molecule has 1 aromatic rings. The molecule has 0 atom stereocenters. The van der Waals surface area contributed by atoms with Crippen molar-refractivity contribution in [1.29, 1.82) is 5.26 Å². The average Bonchev–Trinajstić information content (AvgIpc) is 2.31. The zero-order chi connectivity index (χ0) is 12.7. The van der Waals surface area contributed by atoms with Crippen LogP contribution in [-0.2, 0) is 16.0 Å². The maximum atomic E-state index is 11.1. The molecule has 4 heteroatoms. The maximum Gasteiger partial charge on any atom is 0.333 e. The Hall–Kier alpha value is -2.28. The van der Waals surface area contributed by atoms with Crippen molar-refractivity contribution in [2.24, 2.45) is 0 Å². The standard InChI is InChI=1S/C13H13NO3/c1-10(2)13(15)16-8-7-11-3-5-12(6-4-11)17-9-14/h3-6H,1,7-8H2,2H3. The molecule has 0 N–H and O–H groups in total. The number of carbonyl (C=O) groups is 1. The van der Waals surface area contributed by atoms with Gasteiger partial charge in [0.15, 0.2) is 0 Å². The third-order valence-electron chi connectivity index (χ3n) is 2.06. The minimum absolute atomic E-state index is 0.310. The lowest BCUT2D eigenvalue weighted by Crippen LogP contribution is -2.07. The Morgan fingerprint density at radius 3 is 2.59 bits per heavy atom. The molecule has 0 spiro atoms. The first-order valence-electron chi connectivity index (χ1n) is 5.11. The van der Waals surface area contributed by atoms with E-state index in [1.165, 1.54) is 0 Å². The van der Waals surface area contributed by atoms with Crippen LogP contribution in [0.3, 0.4) is 0 Å². The second-order valence-corrected chi connectivity index (χ2v) is 3.50. The first-order valence-corrected chi connectivity index (χ1v) is 5.11. The van der Waals surface area contributed by atoms with Gasteiger partial charge in [0.1, 0.15) is 5.75 Å². The van der Waals surface area contributed by atoms with Gasteiger partial charge in [-0.15, -0.1) is 5.26 Å². The van der Waals surface area contributed by atoms with Gasteiger partial charge in [-0.1, -0.05) is 18.7 Å². The van der Waals surface area contributed by atoms with Crippen molar-refractivity contribution in [1.82, 2.24) is 0 Å². The fourth-order valence-electron chi connectivity index (χ4n) is 1.16. The summed E-state index contributed by atoms with van der Waals surface area (Å²) in [7, 11) is 0. The number of esters is 1. The van der Waals surface area contributed by atoms with Crippen molar-refractivity contribution in [3.05, 3.63) is 42.0 Å². The predicted octanol–water partition coefficient (Wildman–Crippen LogP) is 2.21. The van der Waals surface area contributed by atoms with Crippen LogP contribution in [0.2, 0.25) is 0 Å². The molecule has 1 rings (SSSR count). The van der Waals surface area contributed by atoms with Crippen LogP contribution in [-0.4, -0.2) is 12.6 Å². The highest BCUT2D eigenvalue weighted by Gasteiger charge is 2.02. The number of benzene rings is 1. The summed E-state index contributed by atoms with van der Waals surface area (Å²) >= 11 is 0. The Bertz CT molecular complexity index is 443. The molecule has 0 fully saturated rings. The molecule has 0 unspecified atom stereocenters. The summed E-state index contributed by atoms with van der Waals surface area (Å²) in [6.07, 6.45) is 2.21. The van der Waals surface area contributed by atoms with Crippen molar-refractivity contribution >= 4 is 5.97 Å². The van der Waals surface area contributed by atoms with Crippen LogP contribution in [0.4, 0.5) is 0 Å². The summed E-state index contributed by atoms with van der Waals surface area (Å²) in [6, 6.07) is 7.03. The average molecular weight is 231 g/mol. The highest BCUT2D eigenvalue weighted by Crippen LogP contribution is 2.12. The predicted molar refractivity (Wildman–Crippen MR) is 62.2 cm³/mol. The molecule has 0 saturated carbocycles. The normalized spacial score (nSPS) is 9.18. The number of nitrogens with zero attached hydrogens (tertiary/aromatic N) is 1. The number of nitriles is 1. The van der Waals surface area contributed by atoms with Crippen LogP contribution in [0.15, 0.2) is 36.4 Å². The van der Waals surface area contributed by atoms with Crippen LogP contribution < -0.4 is 4.74 Å². The van der Waals surface area contributed by atoms with E-state index < -0.39 is 0 Å². The van der Waals surface area contributed by atoms with Gasteiger partial charge in [-0.3, -0.25) is 0 Å². The number of hydrogen-bond donors (Lipinski definition) is 0. The van der Waals surface area contributed by atoms with Gasteiger partial charge in [0.05, 0.1) is 6.61 Å². The number of ether oxygens (including phenoxy) is 2. The van der Waals surface area contributed by atoms with E-state index in [9.17, 15) is 4.79 Å². The van der Waals surface area contributed by atoms with E-state index in [2.05, 4.69) is 11.3 Å². The molecule has 4 nitrogen and oxygen atoms in total. The molecule has 88 valence electrons. The zero-order valence-electron chi connectivity index (χ0n) is 9.60. The third-order valence-corrected chi connectivity index (χ3v) is 2.06. The summed E-state index contributed by atoms with van der Waals surface area (Å²) < 4.78 is 9.61. The molecule has 0 aromatic heterocycles. The van der Waals surface area contributed by atoms with E-state index in [1.807, 2.05) is 12.1 Å². The van der Waals surface area contributed by atoms with E-state index in [0.717, 1.165) is 5.56 Å². The lowest BCUT2D eigenvalue weighted by atomic mass is 10.1. The molecule has 0 amide bonds. The van der Waals surface area contributed by atoms with Gasteiger partial charge in [0.2, 0.25) is 0 Å². The highest BCUT2D eigenvalue weighted by atomic mass is 16.5. The van der Waals surface area contributed by atoms with Crippen LogP contribution in [0, 0.1) is 11.5 Å². The van der Waals surface area contributed by atoms with E-state index in [0.29, 0.717) is 24.4 Å². The second-order valence-electron chi connectivity index (χ2n) is 3.50. The molecule has 0 radical (unpaired) electrons. The molecular formula is C13H13NO3. The number of rotatable bonds is 5. The summed E-state index contributed by atoms with van der Waals surface area (Å²) in [6.45, 7) is 5.41. The lowest BCUT2D eigenvalue weighted by Gasteiger charge is -2.04. The van der Waals surface area contributed by atoms with Gasteiger partial charge < -0.3 is 9.47 Å². The smallest absolute Gasteiger partial charge is 0.333 e. The molecular weight excluding hydrogens is 218 g/mol. The van der Waals surface area contributed by atoms with E-state index in [4.69, 9.17) is 10.00 Å². The van der Waals surface area contributed by atoms with Crippen molar-refractivity contribution in [2.75, 3.05) is 6.61 Å². The van der Waals surface area contributed by atoms with Crippen LogP contribution in [0.1, 0.15) is 12.5 Å². The molecule has 1 aromatic carbocycles. The molecule has 0 aliphatic rings. The summed E-state index contributed by atoms with van der Waals surface area (Å²) in [4.78, 5) is 11.1. The zero-order valence-corrected chi connectivity index (χ0v) is 9.60. The molecule has 0 aliphatic carbocycles. The molecule has 17 heavy (non-hydrogen) atoms. The van der Waals surface area contributed by atoms with E-state index in [1.54, 1.807) is 25.3 Å². The van der Waals surface area contributed by atoms with Gasteiger partial charge in [-0.2, -0.15) is 0 Å². The van der Waals surface area contributed by atoms with Gasteiger partial charge in [-0.05, 0) is 24.6 Å². The van der Waals surface area contributed by atoms with Crippen molar-refractivity contribution in [3.63, 3.8) is 0 Å². The first kappa shape index (κ1) is 12.8. The Labute approximate surface area is 100 Å². The van der Waals surface area contributed by atoms with Crippen LogP contribution in [0.5, 0.6) is 5.75 Å². The van der Waals surface area contributed by atoms with Gasteiger partial charge in [0.25, 0.3) is 6.26 Å². The molecule has 0 heterocycles. The topological polar surface area (TPSA) is 59.3 Å². The fourth-order valence-corrected chi connectivity index (χ4v) is 1.16. The second kappa shape index (κ2) is 6.33. The van der Waals surface area contributed by atoms with Gasteiger partial charge in [-0.25, -0.2) is 4.79 Å². The van der Waals surface area contributed by atoms with Crippen LogP contribution >= 0.6 is 0 Å². The Morgan fingerprint density at radius 2 is 2.06 bits per heavy atom. The van der Waals surface area contributed by atoms with E-state index in [-0.39, 0.29) is 5.97 Å². The minimum atomic E-state index is -0.380. The fraction of sp³-hybridized carbons (Fsp3) is 0.231. The third kappa shape index (κ3) is 4.39. The Kier molecular flexibility index (Phi) is 4.77. The molecule has 0 aliphatic heterocycles. The van der Waals surface area contributed by atoms with Crippen molar-refractivity contribution in [2.45, 2.75) is 13.3 Å². The van der Waals surface area contributed by atoms with E-state index >= 15 is 0 Å². The Morgan fingerprint density at radius 1 is 1.41 bits per heavy atom. The summed E-state index contributed by atoms with van der Waals surface area (Å²) in [5.74, 6) is 0.115. The van der Waals surface area contributed by atoms with Crippen molar-refractivity contribution in [3.8, 4) is 12.0 Å². The SMILES string of the molecule is C=C(C)C(=O)OCCc1ccc(OC#N)cc1. The first-order chi connectivity index (χ1) is 8.13. The molecule has 0 bridgehead atoms. The Balaban J connectivity index is 2.40. The quantitative estimate of drug-likeness (QED) is 0.443. The minimum Gasteiger partial charge on any atom is -0.462 e. The van der Waals surface area contributed by atoms with Crippen LogP contribution in [0.25, 0.3) is 0 Å². The molecule has 0 saturated heterocycles. The van der Waals surface area contributed by atoms with Gasteiger partial charge >= 0.3 is 5.97 Å². The lowest BCUT2D eigenvalue weighted by molar-refractivity contribution is -0.138. The highest BCUT2D eigenvalue weighted by molar-refractivity contribution is 5.86. The maximum absolute atomic E-state index is 11.1. The number of carbonyl (C=O) groups excluding carboxylic acids is 1. The van der Waals surface area contributed by atoms with Gasteiger partial charge in [0, 0.05) is 12.0 Å². The number of hydrogen-bond acceptors (Lipinski definition) is 4. The van der Waals surface area contributed by atoms with Crippen molar-refractivity contribution < 1.29 is 14.3 Å². The largest absolute Gasteiger partial charge is 0.462 e. The monoisotopic (exact) mass is 231 g/mol.